The van der Waals surface area contributed by atoms with Crippen LogP contribution in [-0.2, 0) is 6.54 Å². The van der Waals surface area contributed by atoms with Gasteiger partial charge in [-0.25, -0.2) is 0 Å². The number of amides is 1. The van der Waals surface area contributed by atoms with Gasteiger partial charge in [0.1, 0.15) is 5.69 Å². The van der Waals surface area contributed by atoms with Gasteiger partial charge in [-0.15, -0.1) is 0 Å². The molecule has 1 atom stereocenters. The van der Waals surface area contributed by atoms with Crippen LogP contribution in [0.1, 0.15) is 42.0 Å². The molecular weight excluding hydrogens is 202 g/mol. The van der Waals surface area contributed by atoms with E-state index in [0.717, 1.165) is 31.6 Å². The Hall–Kier alpha value is -1.29. The summed E-state index contributed by atoms with van der Waals surface area (Å²) < 4.78 is 2.14. The monoisotopic (exact) mass is 219 g/mol. The van der Waals surface area contributed by atoms with E-state index in [1.807, 2.05) is 6.07 Å². The number of hydrogen-bond donors (Lipinski definition) is 2. The zero-order valence-electron chi connectivity index (χ0n) is 9.49. The molecule has 0 radical (unpaired) electrons. The van der Waals surface area contributed by atoms with E-state index in [-0.39, 0.29) is 5.91 Å². The van der Waals surface area contributed by atoms with Crippen LogP contribution in [0.4, 0.5) is 0 Å². The zero-order valence-corrected chi connectivity index (χ0v) is 9.49. The number of nitrogens with zero attached hydrogens (tertiary/aromatic N) is 1. The van der Waals surface area contributed by atoms with Crippen molar-refractivity contribution in [2.75, 3.05) is 6.54 Å². The van der Waals surface area contributed by atoms with Crippen LogP contribution in [0.25, 0.3) is 0 Å². The summed E-state index contributed by atoms with van der Waals surface area (Å²) in [6.45, 7) is 3.96. The largest absolute Gasteiger partial charge is 0.348 e. The summed E-state index contributed by atoms with van der Waals surface area (Å²) in [6, 6.07) is 4.77. The van der Waals surface area contributed by atoms with Crippen LogP contribution in [0, 0.1) is 0 Å². The highest BCUT2D eigenvalue weighted by Crippen LogP contribution is 2.22. The van der Waals surface area contributed by atoms with Gasteiger partial charge in [0.05, 0.1) is 0 Å². The fraction of sp³-hybridized carbons (Fsp3) is 0.583. The molecule has 1 aromatic rings. The molecule has 0 unspecified atom stereocenters. The topological polar surface area (TPSA) is 46.1 Å². The highest BCUT2D eigenvalue weighted by Gasteiger charge is 2.27. The summed E-state index contributed by atoms with van der Waals surface area (Å²) in [5.74, 6) is 0.0860. The van der Waals surface area contributed by atoms with Gasteiger partial charge >= 0.3 is 0 Å². The summed E-state index contributed by atoms with van der Waals surface area (Å²) in [5.41, 5.74) is 2.03. The first-order chi connectivity index (χ1) is 7.75. The minimum absolute atomic E-state index is 0.0860. The van der Waals surface area contributed by atoms with E-state index in [4.69, 9.17) is 0 Å². The highest BCUT2D eigenvalue weighted by atomic mass is 16.2. The quantitative estimate of drug-likeness (QED) is 0.781. The lowest BCUT2D eigenvalue weighted by atomic mass is 10.2. The third-order valence-electron chi connectivity index (χ3n) is 3.39. The minimum atomic E-state index is 0.0860. The van der Waals surface area contributed by atoms with Crippen molar-refractivity contribution in [3.05, 3.63) is 23.5 Å². The van der Waals surface area contributed by atoms with Crippen LogP contribution >= 0.6 is 0 Å². The maximum Gasteiger partial charge on any atom is 0.268 e. The first-order valence-corrected chi connectivity index (χ1v) is 5.99. The molecule has 1 aliphatic heterocycles. The number of carbonyl (C=O) groups excluding carboxylic acids is 1. The van der Waals surface area contributed by atoms with E-state index in [0.29, 0.717) is 12.1 Å². The fourth-order valence-electron chi connectivity index (χ4n) is 2.29. The second-order valence-electron chi connectivity index (χ2n) is 4.72. The van der Waals surface area contributed by atoms with E-state index in [9.17, 15) is 4.79 Å². The molecular formula is C12H17N3O. The molecule has 0 bridgehead atoms. The smallest absolute Gasteiger partial charge is 0.268 e. The molecule has 3 rings (SSSR count). The molecule has 2 aliphatic rings. The Balaban J connectivity index is 1.86. The van der Waals surface area contributed by atoms with Gasteiger partial charge in [-0.05, 0) is 31.9 Å². The number of fused-ring (bicyclic) bond motifs is 1. The van der Waals surface area contributed by atoms with Gasteiger partial charge in [0.15, 0.2) is 0 Å². The standard InChI is InChI=1S/C12H17N3O/c1-8-10-4-5-11(15(10)7-6-13-8)12(16)14-9-2-3-9/h4-5,8-9,13H,2-3,6-7H2,1H3,(H,14,16)/t8-/m0/s1. The predicted molar refractivity (Wildman–Crippen MR) is 61.3 cm³/mol. The van der Waals surface area contributed by atoms with Gasteiger partial charge in [-0.1, -0.05) is 0 Å². The van der Waals surface area contributed by atoms with Crippen molar-refractivity contribution in [1.29, 1.82) is 0 Å². The van der Waals surface area contributed by atoms with Gasteiger partial charge in [0.2, 0.25) is 0 Å². The molecule has 86 valence electrons. The molecule has 2 N–H and O–H groups in total. The molecule has 0 spiro atoms. The van der Waals surface area contributed by atoms with Crippen molar-refractivity contribution in [2.24, 2.45) is 0 Å². The van der Waals surface area contributed by atoms with Crippen LogP contribution in [0.2, 0.25) is 0 Å². The molecule has 2 heterocycles. The van der Waals surface area contributed by atoms with Crippen molar-refractivity contribution < 1.29 is 4.79 Å². The van der Waals surface area contributed by atoms with Crippen molar-refractivity contribution >= 4 is 5.91 Å². The van der Waals surface area contributed by atoms with Gasteiger partial charge in [0, 0.05) is 30.9 Å². The average Bonchev–Trinajstić information content (AvgIpc) is 2.96. The normalized spacial score (nSPS) is 23.9. The summed E-state index contributed by atoms with van der Waals surface area (Å²) in [5, 5.41) is 6.43. The van der Waals surface area contributed by atoms with Crippen molar-refractivity contribution in [2.45, 2.75) is 38.4 Å². The highest BCUT2D eigenvalue weighted by molar-refractivity contribution is 5.93. The van der Waals surface area contributed by atoms with Crippen LogP contribution in [0.3, 0.4) is 0 Å². The second kappa shape index (κ2) is 3.63. The molecule has 1 aliphatic carbocycles. The van der Waals surface area contributed by atoms with Gasteiger partial charge < -0.3 is 15.2 Å². The molecule has 16 heavy (non-hydrogen) atoms. The summed E-state index contributed by atoms with van der Waals surface area (Å²) in [6.07, 6.45) is 2.27. The summed E-state index contributed by atoms with van der Waals surface area (Å²) in [7, 11) is 0. The molecule has 1 amide bonds. The van der Waals surface area contributed by atoms with Gasteiger partial charge in [-0.2, -0.15) is 0 Å². The Morgan fingerprint density at radius 2 is 2.31 bits per heavy atom. The molecule has 1 aromatic heterocycles. The van der Waals surface area contributed by atoms with Gasteiger partial charge in [-0.3, -0.25) is 4.79 Å². The fourth-order valence-corrected chi connectivity index (χ4v) is 2.29. The van der Waals surface area contributed by atoms with Crippen LogP contribution < -0.4 is 10.6 Å². The average molecular weight is 219 g/mol. The Labute approximate surface area is 95.0 Å². The van der Waals surface area contributed by atoms with E-state index >= 15 is 0 Å². The Bertz CT molecular complexity index is 420. The third kappa shape index (κ3) is 1.63. The SMILES string of the molecule is C[C@@H]1NCCn2c(C(=O)NC3CC3)ccc21. The van der Waals surface area contributed by atoms with Crippen LogP contribution in [-0.4, -0.2) is 23.1 Å². The van der Waals surface area contributed by atoms with E-state index in [2.05, 4.69) is 28.2 Å². The van der Waals surface area contributed by atoms with Crippen molar-refractivity contribution in [1.82, 2.24) is 15.2 Å². The first-order valence-electron chi connectivity index (χ1n) is 5.99. The second-order valence-corrected chi connectivity index (χ2v) is 4.72. The number of rotatable bonds is 2. The molecule has 0 saturated heterocycles. The minimum Gasteiger partial charge on any atom is -0.348 e. The molecule has 1 fully saturated rings. The summed E-state index contributed by atoms with van der Waals surface area (Å²) in [4.78, 5) is 12.0. The number of aromatic nitrogens is 1. The van der Waals surface area contributed by atoms with E-state index in [1.165, 1.54) is 5.69 Å². The maximum atomic E-state index is 12.0. The molecule has 4 heteroatoms. The Morgan fingerprint density at radius 1 is 1.50 bits per heavy atom. The number of hydrogen-bond acceptors (Lipinski definition) is 2. The lowest BCUT2D eigenvalue weighted by molar-refractivity contribution is 0.0940. The van der Waals surface area contributed by atoms with E-state index < -0.39 is 0 Å². The molecule has 4 nitrogen and oxygen atoms in total. The third-order valence-corrected chi connectivity index (χ3v) is 3.39. The van der Waals surface area contributed by atoms with E-state index in [1.54, 1.807) is 0 Å². The number of nitrogens with one attached hydrogen (secondary N) is 2. The van der Waals surface area contributed by atoms with Gasteiger partial charge in [0.25, 0.3) is 5.91 Å². The molecule has 1 saturated carbocycles. The lowest BCUT2D eigenvalue weighted by Gasteiger charge is -2.24. The lowest BCUT2D eigenvalue weighted by Crippen LogP contribution is -2.35. The Morgan fingerprint density at radius 3 is 3.06 bits per heavy atom. The van der Waals surface area contributed by atoms with Crippen LogP contribution in [0.15, 0.2) is 12.1 Å². The summed E-state index contributed by atoms with van der Waals surface area (Å²) >= 11 is 0. The Kier molecular flexibility index (Phi) is 2.24. The zero-order chi connectivity index (χ0) is 11.1. The number of carbonyl (C=O) groups is 1. The maximum absolute atomic E-state index is 12.0. The molecule has 0 aromatic carbocycles. The first kappa shape index (κ1) is 9.90. The van der Waals surface area contributed by atoms with Crippen molar-refractivity contribution in [3.8, 4) is 0 Å². The predicted octanol–water partition coefficient (Wildman–Crippen LogP) is 1.04. The van der Waals surface area contributed by atoms with Crippen LogP contribution in [0.5, 0.6) is 0 Å². The van der Waals surface area contributed by atoms with Crippen molar-refractivity contribution in [3.63, 3.8) is 0 Å².